The molecule has 0 spiro atoms. The summed E-state index contributed by atoms with van der Waals surface area (Å²) in [7, 11) is 0. The van der Waals surface area contributed by atoms with Gasteiger partial charge in [0.05, 0.1) is 5.69 Å². The topological polar surface area (TPSA) is 44.4 Å². The average Bonchev–Trinajstić information content (AvgIpc) is 3.35. The van der Waals surface area contributed by atoms with Crippen LogP contribution in [0.4, 0.5) is 10.5 Å². The summed E-state index contributed by atoms with van der Waals surface area (Å²) in [5.74, 6) is 0. The van der Waals surface area contributed by atoms with Gasteiger partial charge in [-0.15, -0.1) is 0 Å². The third-order valence-corrected chi connectivity index (χ3v) is 7.13. The first-order chi connectivity index (χ1) is 14.3. The SMILES string of the molecule is O=C(Nc1ccccc1-c1ccccc1)NC1C[C@H]2CC[C@@H](C1)N2C1CCCC1. The van der Waals surface area contributed by atoms with E-state index in [1.807, 2.05) is 36.4 Å². The third-order valence-electron chi connectivity index (χ3n) is 7.13. The minimum atomic E-state index is -0.0768. The lowest BCUT2D eigenvalue weighted by Crippen LogP contribution is -2.53. The van der Waals surface area contributed by atoms with E-state index in [4.69, 9.17) is 0 Å². The average molecular weight is 390 g/mol. The van der Waals surface area contributed by atoms with Crippen LogP contribution in [0, 0.1) is 0 Å². The molecule has 2 saturated heterocycles. The zero-order valence-electron chi connectivity index (χ0n) is 17.0. The van der Waals surface area contributed by atoms with Gasteiger partial charge in [0.15, 0.2) is 0 Å². The van der Waals surface area contributed by atoms with Crippen LogP contribution in [0.5, 0.6) is 0 Å². The molecule has 0 aromatic heterocycles. The molecule has 29 heavy (non-hydrogen) atoms. The second-order valence-electron chi connectivity index (χ2n) is 8.95. The van der Waals surface area contributed by atoms with Crippen molar-refractivity contribution in [1.82, 2.24) is 10.2 Å². The Labute approximate surface area is 173 Å². The van der Waals surface area contributed by atoms with Gasteiger partial charge in [0, 0.05) is 29.7 Å². The number of hydrogen-bond donors (Lipinski definition) is 2. The van der Waals surface area contributed by atoms with Gasteiger partial charge in [0.2, 0.25) is 0 Å². The van der Waals surface area contributed by atoms with Gasteiger partial charge in [-0.2, -0.15) is 0 Å². The number of hydrogen-bond acceptors (Lipinski definition) is 2. The van der Waals surface area contributed by atoms with E-state index in [0.29, 0.717) is 12.1 Å². The lowest BCUT2D eigenvalue weighted by atomic mass is 9.95. The highest BCUT2D eigenvalue weighted by molar-refractivity contribution is 5.94. The fourth-order valence-corrected chi connectivity index (χ4v) is 5.94. The van der Waals surface area contributed by atoms with Crippen molar-refractivity contribution in [1.29, 1.82) is 0 Å². The maximum atomic E-state index is 12.8. The minimum Gasteiger partial charge on any atom is -0.335 e. The summed E-state index contributed by atoms with van der Waals surface area (Å²) in [5.41, 5.74) is 3.04. The van der Waals surface area contributed by atoms with Crippen molar-refractivity contribution >= 4 is 11.7 Å². The zero-order chi connectivity index (χ0) is 19.6. The molecule has 3 fully saturated rings. The van der Waals surface area contributed by atoms with Crippen molar-refractivity contribution in [3.63, 3.8) is 0 Å². The fourth-order valence-electron chi connectivity index (χ4n) is 5.94. The highest BCUT2D eigenvalue weighted by Crippen LogP contribution is 2.41. The van der Waals surface area contributed by atoms with Gasteiger partial charge in [-0.05, 0) is 50.2 Å². The van der Waals surface area contributed by atoms with Crippen LogP contribution in [0.2, 0.25) is 0 Å². The molecule has 152 valence electrons. The predicted octanol–water partition coefficient (Wildman–Crippen LogP) is 5.41. The summed E-state index contributed by atoms with van der Waals surface area (Å²) in [6, 6.07) is 20.6. The summed E-state index contributed by atoms with van der Waals surface area (Å²) in [5, 5.41) is 6.39. The Balaban J connectivity index is 1.23. The highest BCUT2D eigenvalue weighted by atomic mass is 16.2. The number of carbonyl (C=O) groups excluding carboxylic acids is 1. The van der Waals surface area contributed by atoms with Crippen LogP contribution in [0.15, 0.2) is 54.6 Å². The van der Waals surface area contributed by atoms with E-state index in [9.17, 15) is 4.79 Å². The molecule has 1 aliphatic carbocycles. The van der Waals surface area contributed by atoms with Crippen molar-refractivity contribution in [2.24, 2.45) is 0 Å². The molecule has 2 aromatic carbocycles. The molecule has 4 nitrogen and oxygen atoms in total. The molecule has 1 unspecified atom stereocenters. The standard InChI is InChI=1S/C25H31N3O/c29-25(27-24-13-7-6-12-23(24)18-8-2-1-3-9-18)26-19-16-21-14-15-22(17-19)28(21)20-10-4-5-11-20/h1-3,6-9,12-13,19-22H,4-5,10-11,14-17H2,(H2,26,27,29)/t19?,21-,22+. The van der Waals surface area contributed by atoms with E-state index in [1.165, 1.54) is 38.5 Å². The van der Waals surface area contributed by atoms with Crippen LogP contribution in [0.1, 0.15) is 51.4 Å². The molecule has 2 heterocycles. The maximum Gasteiger partial charge on any atom is 0.319 e. The van der Waals surface area contributed by atoms with Crippen LogP contribution < -0.4 is 10.6 Å². The van der Waals surface area contributed by atoms with Gasteiger partial charge in [0.1, 0.15) is 0 Å². The van der Waals surface area contributed by atoms with Gasteiger partial charge in [-0.3, -0.25) is 4.90 Å². The van der Waals surface area contributed by atoms with Gasteiger partial charge in [0.25, 0.3) is 0 Å². The van der Waals surface area contributed by atoms with Crippen LogP contribution in [-0.4, -0.2) is 35.1 Å². The van der Waals surface area contributed by atoms with Crippen molar-refractivity contribution in [2.75, 3.05) is 5.32 Å². The first-order valence-corrected chi connectivity index (χ1v) is 11.3. The molecular formula is C25H31N3O. The number of nitrogens with one attached hydrogen (secondary N) is 2. The van der Waals surface area contributed by atoms with E-state index in [2.05, 4.69) is 33.7 Å². The van der Waals surface area contributed by atoms with E-state index in [1.54, 1.807) is 0 Å². The summed E-state index contributed by atoms with van der Waals surface area (Å²) >= 11 is 0. The van der Waals surface area contributed by atoms with Crippen molar-refractivity contribution in [3.05, 3.63) is 54.6 Å². The van der Waals surface area contributed by atoms with E-state index in [-0.39, 0.29) is 12.1 Å². The lowest BCUT2D eigenvalue weighted by Gasteiger charge is -2.42. The fraction of sp³-hybridized carbons (Fsp3) is 0.480. The summed E-state index contributed by atoms with van der Waals surface area (Å²) in [6.45, 7) is 0. The molecule has 0 radical (unpaired) electrons. The number of anilines is 1. The molecule has 2 amide bonds. The van der Waals surface area contributed by atoms with Gasteiger partial charge in [-0.1, -0.05) is 61.4 Å². The molecule has 2 bridgehead atoms. The predicted molar refractivity (Wildman–Crippen MR) is 118 cm³/mol. The first-order valence-electron chi connectivity index (χ1n) is 11.3. The van der Waals surface area contributed by atoms with Crippen molar-refractivity contribution < 1.29 is 4.79 Å². The molecule has 1 saturated carbocycles. The van der Waals surface area contributed by atoms with Crippen LogP contribution >= 0.6 is 0 Å². The zero-order valence-corrected chi connectivity index (χ0v) is 17.0. The second-order valence-corrected chi connectivity index (χ2v) is 8.95. The number of carbonyl (C=O) groups is 1. The Morgan fingerprint density at radius 1 is 0.793 bits per heavy atom. The largest absolute Gasteiger partial charge is 0.335 e. The molecule has 5 rings (SSSR count). The van der Waals surface area contributed by atoms with Gasteiger partial charge in [-0.25, -0.2) is 4.79 Å². The Morgan fingerprint density at radius 2 is 1.45 bits per heavy atom. The summed E-state index contributed by atoms with van der Waals surface area (Å²) in [6.07, 6.45) is 10.3. The molecule has 3 aliphatic rings. The van der Waals surface area contributed by atoms with Crippen LogP contribution in [0.25, 0.3) is 11.1 Å². The highest BCUT2D eigenvalue weighted by Gasteiger charge is 2.44. The van der Waals surface area contributed by atoms with Crippen molar-refractivity contribution in [3.8, 4) is 11.1 Å². The number of nitrogens with zero attached hydrogens (tertiary/aromatic N) is 1. The number of rotatable bonds is 4. The lowest BCUT2D eigenvalue weighted by molar-refractivity contribution is 0.0747. The number of benzene rings is 2. The number of fused-ring (bicyclic) bond motifs is 2. The van der Waals surface area contributed by atoms with E-state index >= 15 is 0 Å². The quantitative estimate of drug-likeness (QED) is 0.734. The summed E-state index contributed by atoms with van der Waals surface area (Å²) in [4.78, 5) is 15.6. The Morgan fingerprint density at radius 3 is 2.17 bits per heavy atom. The Kier molecular flexibility index (Phi) is 5.28. The number of para-hydroxylation sites is 1. The molecule has 3 atom stereocenters. The Bertz CT molecular complexity index is 832. The monoisotopic (exact) mass is 389 g/mol. The minimum absolute atomic E-state index is 0.0768. The van der Waals surface area contributed by atoms with E-state index in [0.717, 1.165) is 35.7 Å². The number of amides is 2. The Hall–Kier alpha value is -2.33. The molecule has 2 aromatic rings. The second kappa shape index (κ2) is 8.19. The maximum absolute atomic E-state index is 12.8. The van der Waals surface area contributed by atoms with Crippen molar-refractivity contribution in [2.45, 2.75) is 75.5 Å². The molecule has 2 aliphatic heterocycles. The van der Waals surface area contributed by atoms with Crippen LogP contribution in [0.3, 0.4) is 0 Å². The molecule has 2 N–H and O–H groups in total. The number of urea groups is 1. The normalized spacial score (nSPS) is 27.1. The summed E-state index contributed by atoms with van der Waals surface area (Å²) < 4.78 is 0. The van der Waals surface area contributed by atoms with Gasteiger partial charge < -0.3 is 10.6 Å². The van der Waals surface area contributed by atoms with Crippen LogP contribution in [-0.2, 0) is 0 Å². The van der Waals surface area contributed by atoms with Gasteiger partial charge >= 0.3 is 6.03 Å². The first kappa shape index (κ1) is 18.7. The third kappa shape index (κ3) is 3.91. The number of piperidine rings is 1. The smallest absolute Gasteiger partial charge is 0.319 e. The van der Waals surface area contributed by atoms with E-state index < -0.39 is 0 Å². The molecule has 4 heteroatoms. The molecular weight excluding hydrogens is 358 g/mol.